The van der Waals surface area contributed by atoms with Gasteiger partial charge in [0.25, 0.3) is 0 Å². The van der Waals surface area contributed by atoms with Gasteiger partial charge in [0.15, 0.2) is 5.78 Å². The van der Waals surface area contributed by atoms with Gasteiger partial charge in [0.1, 0.15) is 0 Å². The van der Waals surface area contributed by atoms with E-state index in [1.165, 1.54) is 6.92 Å². The van der Waals surface area contributed by atoms with Gasteiger partial charge in [-0.3, -0.25) is 9.59 Å². The Kier molecular flexibility index (Phi) is 9.50. The van der Waals surface area contributed by atoms with Crippen molar-refractivity contribution in [2.24, 2.45) is 0 Å². The largest absolute Gasteiger partial charge is 0.345 e. The number of carbonyl (C=O) groups excluding carboxylic acids is 2. The summed E-state index contributed by atoms with van der Waals surface area (Å²) < 4.78 is 0. The number of unbranched alkanes of at least 4 members (excludes halogenated alkanes) is 1. The Balaban J connectivity index is 3.84. The van der Waals surface area contributed by atoms with Crippen molar-refractivity contribution >= 4 is 11.7 Å². The lowest BCUT2D eigenvalue weighted by Crippen LogP contribution is -2.43. The van der Waals surface area contributed by atoms with Crippen LogP contribution in [0.2, 0.25) is 0 Å². The summed E-state index contributed by atoms with van der Waals surface area (Å²) in [7, 11) is 1.71. The molecule has 0 saturated heterocycles. The molecule has 0 aliphatic carbocycles. The molecule has 0 aromatic rings. The van der Waals surface area contributed by atoms with E-state index >= 15 is 0 Å². The Bertz CT molecular complexity index is 255. The lowest BCUT2D eigenvalue weighted by Gasteiger charge is -2.16. The maximum absolute atomic E-state index is 11.4. The average molecular weight is 257 g/mol. The Morgan fingerprint density at radius 3 is 2.33 bits per heavy atom. The molecule has 3 N–H and O–H groups in total. The highest BCUT2D eigenvalue weighted by molar-refractivity contribution is 5.88. The van der Waals surface area contributed by atoms with Gasteiger partial charge < -0.3 is 16.0 Å². The highest BCUT2D eigenvalue weighted by Crippen LogP contribution is 2.02. The number of carbonyl (C=O) groups is 2. The lowest BCUT2D eigenvalue weighted by molar-refractivity contribution is -0.126. The first kappa shape index (κ1) is 17.1. The number of rotatable bonds is 10. The summed E-state index contributed by atoms with van der Waals surface area (Å²) in [4.78, 5) is 22.8. The van der Waals surface area contributed by atoms with Crippen LogP contribution in [0.25, 0.3) is 0 Å². The van der Waals surface area contributed by atoms with Gasteiger partial charge in [-0.15, -0.1) is 0 Å². The molecule has 0 radical (unpaired) electrons. The predicted octanol–water partition coefficient (Wildman–Crippen LogP) is 0.448. The molecule has 0 rings (SSSR count). The Hall–Kier alpha value is -0.940. The van der Waals surface area contributed by atoms with E-state index in [4.69, 9.17) is 0 Å². The second kappa shape index (κ2) is 10.0. The SMILES string of the molecule is CNCC(=O)NC(CCCCNC(C)C)C(C)=O. The molecule has 0 aromatic heterocycles. The van der Waals surface area contributed by atoms with Crippen LogP contribution in [-0.2, 0) is 9.59 Å². The van der Waals surface area contributed by atoms with Crippen molar-refractivity contribution in [1.29, 1.82) is 0 Å². The van der Waals surface area contributed by atoms with Crippen molar-refractivity contribution in [3.8, 4) is 0 Å². The van der Waals surface area contributed by atoms with Gasteiger partial charge in [-0.05, 0) is 39.8 Å². The van der Waals surface area contributed by atoms with Gasteiger partial charge in [0.05, 0.1) is 12.6 Å². The molecule has 5 nitrogen and oxygen atoms in total. The molecule has 0 aromatic carbocycles. The fraction of sp³-hybridized carbons (Fsp3) is 0.846. The quantitative estimate of drug-likeness (QED) is 0.497. The maximum Gasteiger partial charge on any atom is 0.234 e. The summed E-state index contributed by atoms with van der Waals surface area (Å²) in [6.07, 6.45) is 2.66. The third kappa shape index (κ3) is 9.13. The van der Waals surface area contributed by atoms with Gasteiger partial charge in [-0.25, -0.2) is 0 Å². The number of Topliss-reactive ketones (excluding diaryl/α,β-unsaturated/α-hetero) is 1. The van der Waals surface area contributed by atoms with E-state index in [9.17, 15) is 9.59 Å². The smallest absolute Gasteiger partial charge is 0.234 e. The lowest BCUT2D eigenvalue weighted by atomic mass is 10.1. The van der Waals surface area contributed by atoms with E-state index in [2.05, 4.69) is 29.8 Å². The fourth-order valence-electron chi connectivity index (χ4n) is 1.65. The van der Waals surface area contributed by atoms with Crippen molar-refractivity contribution in [3.63, 3.8) is 0 Å². The van der Waals surface area contributed by atoms with Crippen LogP contribution in [0.1, 0.15) is 40.0 Å². The Morgan fingerprint density at radius 1 is 1.17 bits per heavy atom. The standard InChI is InChI=1S/C13H27N3O2/c1-10(2)15-8-6-5-7-12(11(3)17)16-13(18)9-14-4/h10,12,14-15H,5-9H2,1-4H3,(H,16,18). The molecule has 1 unspecified atom stereocenters. The van der Waals surface area contributed by atoms with Crippen LogP contribution in [-0.4, -0.2) is 43.9 Å². The number of ketones is 1. The molecule has 0 fully saturated rings. The summed E-state index contributed by atoms with van der Waals surface area (Å²) in [5.74, 6) is -0.103. The Morgan fingerprint density at radius 2 is 1.83 bits per heavy atom. The molecule has 0 spiro atoms. The zero-order chi connectivity index (χ0) is 14.0. The van der Waals surface area contributed by atoms with Crippen LogP contribution in [0.4, 0.5) is 0 Å². The second-order valence-electron chi connectivity index (χ2n) is 4.87. The molecule has 0 bridgehead atoms. The first-order valence-corrected chi connectivity index (χ1v) is 6.65. The second-order valence-corrected chi connectivity index (χ2v) is 4.87. The molecule has 18 heavy (non-hydrogen) atoms. The van der Waals surface area contributed by atoms with Crippen LogP contribution < -0.4 is 16.0 Å². The van der Waals surface area contributed by atoms with Crippen LogP contribution in [0.5, 0.6) is 0 Å². The molecule has 0 aliphatic heterocycles. The highest BCUT2D eigenvalue weighted by Gasteiger charge is 2.15. The summed E-state index contributed by atoms with van der Waals surface area (Å²) in [5.41, 5.74) is 0. The minimum Gasteiger partial charge on any atom is -0.345 e. The van der Waals surface area contributed by atoms with E-state index in [0.29, 0.717) is 12.5 Å². The van der Waals surface area contributed by atoms with E-state index in [1.807, 2.05) is 0 Å². The fourth-order valence-corrected chi connectivity index (χ4v) is 1.65. The van der Waals surface area contributed by atoms with Crippen LogP contribution >= 0.6 is 0 Å². The predicted molar refractivity (Wildman–Crippen MR) is 73.5 cm³/mol. The molecule has 1 atom stereocenters. The van der Waals surface area contributed by atoms with E-state index < -0.39 is 0 Å². The summed E-state index contributed by atoms with van der Waals surface area (Å²) in [6.45, 7) is 6.94. The molecular formula is C13H27N3O2. The minimum absolute atomic E-state index is 0.0243. The molecule has 0 heterocycles. The summed E-state index contributed by atoms with van der Waals surface area (Å²) in [5, 5.41) is 8.84. The van der Waals surface area contributed by atoms with Crippen LogP contribution in [0, 0.1) is 0 Å². The number of hydrogen-bond donors (Lipinski definition) is 3. The molecule has 0 aliphatic rings. The van der Waals surface area contributed by atoms with Crippen molar-refractivity contribution in [2.75, 3.05) is 20.1 Å². The molecule has 106 valence electrons. The number of amides is 1. The van der Waals surface area contributed by atoms with Crippen LogP contribution in [0.15, 0.2) is 0 Å². The van der Waals surface area contributed by atoms with Gasteiger partial charge in [0.2, 0.25) is 5.91 Å². The first-order chi connectivity index (χ1) is 8.47. The van der Waals surface area contributed by atoms with E-state index in [0.717, 1.165) is 19.4 Å². The Labute approximate surface area is 110 Å². The molecular weight excluding hydrogens is 230 g/mol. The van der Waals surface area contributed by atoms with Gasteiger partial charge in [-0.2, -0.15) is 0 Å². The van der Waals surface area contributed by atoms with Crippen molar-refractivity contribution < 1.29 is 9.59 Å². The monoisotopic (exact) mass is 257 g/mol. The zero-order valence-corrected chi connectivity index (χ0v) is 12.0. The van der Waals surface area contributed by atoms with E-state index in [1.54, 1.807) is 7.05 Å². The summed E-state index contributed by atoms with van der Waals surface area (Å²) >= 11 is 0. The summed E-state index contributed by atoms with van der Waals surface area (Å²) in [6, 6.07) is 0.147. The first-order valence-electron chi connectivity index (χ1n) is 6.65. The molecule has 1 amide bonds. The number of likely N-dealkylation sites (N-methyl/N-ethyl adjacent to an activating group) is 1. The highest BCUT2D eigenvalue weighted by atomic mass is 16.2. The number of nitrogens with one attached hydrogen (secondary N) is 3. The topological polar surface area (TPSA) is 70.2 Å². The van der Waals surface area contributed by atoms with Crippen LogP contribution in [0.3, 0.4) is 0 Å². The number of hydrogen-bond acceptors (Lipinski definition) is 4. The van der Waals surface area contributed by atoms with Gasteiger partial charge in [-0.1, -0.05) is 13.8 Å². The van der Waals surface area contributed by atoms with E-state index in [-0.39, 0.29) is 24.3 Å². The molecule has 0 saturated carbocycles. The molecule has 5 heteroatoms. The van der Waals surface area contributed by atoms with Crippen molar-refractivity contribution in [3.05, 3.63) is 0 Å². The third-order valence-electron chi connectivity index (χ3n) is 2.64. The van der Waals surface area contributed by atoms with Gasteiger partial charge >= 0.3 is 0 Å². The zero-order valence-electron chi connectivity index (χ0n) is 12.0. The maximum atomic E-state index is 11.4. The normalized spacial score (nSPS) is 12.5. The third-order valence-corrected chi connectivity index (χ3v) is 2.64. The van der Waals surface area contributed by atoms with Crippen molar-refractivity contribution in [1.82, 2.24) is 16.0 Å². The van der Waals surface area contributed by atoms with Crippen molar-refractivity contribution in [2.45, 2.75) is 52.1 Å². The minimum atomic E-state index is -0.343. The average Bonchev–Trinajstić information content (AvgIpc) is 2.26. The van der Waals surface area contributed by atoms with Gasteiger partial charge in [0, 0.05) is 6.04 Å².